The topological polar surface area (TPSA) is 70.7 Å². The van der Waals surface area contributed by atoms with E-state index in [1.165, 1.54) is 32.1 Å². The molecule has 0 radical (unpaired) electrons. The van der Waals surface area contributed by atoms with Crippen molar-refractivity contribution in [2.45, 2.75) is 76.3 Å². The molecule has 3 fully saturated rings. The number of nitrogens with one attached hydrogen (secondary N) is 2. The lowest BCUT2D eigenvalue weighted by atomic mass is 9.84. The lowest BCUT2D eigenvalue weighted by molar-refractivity contribution is -0.126. The van der Waals surface area contributed by atoms with Gasteiger partial charge in [0, 0.05) is 43.0 Å². The molecule has 1 heterocycles. The van der Waals surface area contributed by atoms with E-state index in [-0.39, 0.29) is 29.8 Å². The summed E-state index contributed by atoms with van der Waals surface area (Å²) in [6.07, 6.45) is 10.4. The normalized spacial score (nSPS) is 25.4. The number of benzene rings is 1. The van der Waals surface area contributed by atoms with Gasteiger partial charge in [-0.25, -0.2) is 0 Å². The van der Waals surface area contributed by atoms with E-state index >= 15 is 0 Å². The Morgan fingerprint density at radius 1 is 0.971 bits per heavy atom. The standard InChI is InChI=1S/C27H40ClN3O3/c28-23-10-6-21(7-11-23)25(31-14-16-34-17-15-31)19-29-27(33)22-8-12-24(13-9-22)30-26(32)18-20-4-2-1-3-5-20/h6-7,10-11,20,22,24-25H,1-5,8-9,12-19H2,(H,29,33)(H,30,32). The quantitative estimate of drug-likeness (QED) is 0.565. The van der Waals surface area contributed by atoms with E-state index in [0.29, 0.717) is 32.1 Å². The minimum Gasteiger partial charge on any atom is -0.379 e. The maximum atomic E-state index is 13.0. The number of hydrogen-bond donors (Lipinski definition) is 2. The van der Waals surface area contributed by atoms with Crippen molar-refractivity contribution in [3.05, 3.63) is 34.9 Å². The first-order chi connectivity index (χ1) is 16.6. The number of morpholine rings is 1. The highest BCUT2D eigenvalue weighted by molar-refractivity contribution is 6.30. The van der Waals surface area contributed by atoms with E-state index in [1.807, 2.05) is 12.1 Å². The van der Waals surface area contributed by atoms with Crippen molar-refractivity contribution >= 4 is 23.4 Å². The van der Waals surface area contributed by atoms with Crippen molar-refractivity contribution in [2.24, 2.45) is 11.8 Å². The van der Waals surface area contributed by atoms with Crippen molar-refractivity contribution in [2.75, 3.05) is 32.8 Å². The highest BCUT2D eigenvalue weighted by Gasteiger charge is 2.29. The van der Waals surface area contributed by atoms with Crippen molar-refractivity contribution < 1.29 is 14.3 Å². The van der Waals surface area contributed by atoms with Crippen LogP contribution >= 0.6 is 11.6 Å². The monoisotopic (exact) mass is 489 g/mol. The lowest BCUT2D eigenvalue weighted by Crippen LogP contribution is -2.45. The number of halogens is 1. The summed E-state index contributed by atoms with van der Waals surface area (Å²) < 4.78 is 5.53. The number of rotatable bonds is 8. The Kier molecular flexibility index (Phi) is 9.66. The molecule has 1 aliphatic heterocycles. The number of amides is 2. The van der Waals surface area contributed by atoms with Crippen LogP contribution in [-0.2, 0) is 14.3 Å². The molecule has 1 atom stereocenters. The van der Waals surface area contributed by atoms with Gasteiger partial charge in [0.25, 0.3) is 0 Å². The molecule has 0 bridgehead atoms. The molecule has 1 aromatic carbocycles. The predicted octanol–water partition coefficient (Wildman–Crippen LogP) is 4.47. The van der Waals surface area contributed by atoms with Gasteiger partial charge in [-0.1, -0.05) is 43.0 Å². The van der Waals surface area contributed by atoms with Gasteiger partial charge in [-0.3, -0.25) is 14.5 Å². The summed E-state index contributed by atoms with van der Waals surface area (Å²) >= 11 is 6.09. The van der Waals surface area contributed by atoms with Crippen molar-refractivity contribution in [3.63, 3.8) is 0 Å². The summed E-state index contributed by atoms with van der Waals surface area (Å²) in [7, 11) is 0. The molecule has 0 aromatic heterocycles. The molecular formula is C27H40ClN3O3. The second-order valence-electron chi connectivity index (χ2n) is 10.3. The van der Waals surface area contributed by atoms with Gasteiger partial charge < -0.3 is 15.4 Å². The second-order valence-corrected chi connectivity index (χ2v) is 10.7. The summed E-state index contributed by atoms with van der Waals surface area (Å²) in [5.41, 5.74) is 1.16. The highest BCUT2D eigenvalue weighted by atomic mass is 35.5. The maximum Gasteiger partial charge on any atom is 0.223 e. The van der Waals surface area contributed by atoms with Crippen LogP contribution < -0.4 is 10.6 Å². The summed E-state index contributed by atoms with van der Waals surface area (Å²) in [6.45, 7) is 3.73. The molecule has 34 heavy (non-hydrogen) atoms. The predicted molar refractivity (Wildman–Crippen MR) is 135 cm³/mol. The Hall–Kier alpha value is -1.63. The number of ether oxygens (including phenoxy) is 1. The molecule has 4 rings (SSSR count). The van der Waals surface area contributed by atoms with Gasteiger partial charge in [-0.15, -0.1) is 0 Å². The number of hydrogen-bond acceptors (Lipinski definition) is 4. The highest BCUT2D eigenvalue weighted by Crippen LogP contribution is 2.28. The van der Waals surface area contributed by atoms with Crippen LogP contribution in [0.1, 0.15) is 75.8 Å². The Labute approximate surface area is 209 Å². The fourth-order valence-electron chi connectivity index (χ4n) is 5.81. The molecule has 2 saturated carbocycles. The van der Waals surface area contributed by atoms with Crippen molar-refractivity contribution in [1.29, 1.82) is 0 Å². The fourth-order valence-corrected chi connectivity index (χ4v) is 5.94. The third-order valence-electron chi connectivity index (χ3n) is 7.87. The largest absolute Gasteiger partial charge is 0.379 e. The summed E-state index contributed by atoms with van der Waals surface area (Å²) in [6, 6.07) is 8.26. The SMILES string of the molecule is O=C(CC1CCCCC1)NC1CCC(C(=O)NCC(c2ccc(Cl)cc2)N2CCOCC2)CC1. The van der Waals surface area contributed by atoms with Crippen LogP contribution in [0.3, 0.4) is 0 Å². The first-order valence-corrected chi connectivity index (χ1v) is 13.6. The number of nitrogens with zero attached hydrogens (tertiary/aromatic N) is 1. The van der Waals surface area contributed by atoms with Crippen LogP contribution in [0.4, 0.5) is 0 Å². The van der Waals surface area contributed by atoms with Gasteiger partial charge in [0.15, 0.2) is 0 Å². The zero-order chi connectivity index (χ0) is 23.8. The van der Waals surface area contributed by atoms with Crippen LogP contribution in [0.2, 0.25) is 5.02 Å². The third-order valence-corrected chi connectivity index (χ3v) is 8.12. The maximum absolute atomic E-state index is 13.0. The molecule has 1 saturated heterocycles. The van der Waals surface area contributed by atoms with E-state index in [0.717, 1.165) is 49.4 Å². The molecule has 2 amide bonds. The minimum absolute atomic E-state index is 0.0297. The molecule has 2 aliphatic carbocycles. The Bertz CT molecular complexity index is 783. The Morgan fingerprint density at radius 3 is 2.32 bits per heavy atom. The van der Waals surface area contributed by atoms with Crippen molar-refractivity contribution in [3.8, 4) is 0 Å². The Balaban J connectivity index is 1.23. The van der Waals surface area contributed by atoms with E-state index in [1.54, 1.807) is 0 Å². The van der Waals surface area contributed by atoms with Crippen LogP contribution in [-0.4, -0.2) is 55.6 Å². The summed E-state index contributed by atoms with van der Waals surface area (Å²) in [5, 5.41) is 7.19. The Morgan fingerprint density at radius 2 is 1.65 bits per heavy atom. The van der Waals surface area contributed by atoms with Gasteiger partial charge in [0.2, 0.25) is 11.8 Å². The second kappa shape index (κ2) is 12.9. The summed E-state index contributed by atoms with van der Waals surface area (Å²) in [4.78, 5) is 27.8. The van der Waals surface area contributed by atoms with Crippen LogP contribution in [0, 0.1) is 11.8 Å². The molecule has 1 aromatic rings. The first-order valence-electron chi connectivity index (χ1n) is 13.2. The van der Waals surface area contributed by atoms with Crippen molar-refractivity contribution in [1.82, 2.24) is 15.5 Å². The average molecular weight is 490 g/mol. The molecule has 2 N–H and O–H groups in total. The molecule has 0 spiro atoms. The minimum atomic E-state index is 0.0297. The first kappa shape index (κ1) is 25.5. The number of carbonyl (C=O) groups excluding carboxylic acids is 2. The third kappa shape index (κ3) is 7.43. The zero-order valence-electron chi connectivity index (χ0n) is 20.3. The molecule has 6 nitrogen and oxygen atoms in total. The average Bonchev–Trinajstić information content (AvgIpc) is 2.87. The van der Waals surface area contributed by atoms with E-state index in [9.17, 15) is 9.59 Å². The van der Waals surface area contributed by atoms with Crippen LogP contribution in [0.5, 0.6) is 0 Å². The van der Waals surface area contributed by atoms with E-state index < -0.39 is 0 Å². The van der Waals surface area contributed by atoms with Gasteiger partial charge in [-0.2, -0.15) is 0 Å². The molecule has 3 aliphatic rings. The number of carbonyl (C=O) groups is 2. The van der Waals surface area contributed by atoms with E-state index in [2.05, 4.69) is 27.7 Å². The van der Waals surface area contributed by atoms with Gasteiger partial charge in [0.1, 0.15) is 0 Å². The molecule has 1 unspecified atom stereocenters. The van der Waals surface area contributed by atoms with Gasteiger partial charge in [0.05, 0.1) is 19.3 Å². The zero-order valence-corrected chi connectivity index (χ0v) is 21.0. The molecular weight excluding hydrogens is 450 g/mol. The van der Waals surface area contributed by atoms with Gasteiger partial charge >= 0.3 is 0 Å². The fraction of sp³-hybridized carbons (Fsp3) is 0.704. The van der Waals surface area contributed by atoms with Crippen LogP contribution in [0.25, 0.3) is 0 Å². The summed E-state index contributed by atoms with van der Waals surface area (Å²) in [5.74, 6) is 0.938. The van der Waals surface area contributed by atoms with E-state index in [4.69, 9.17) is 16.3 Å². The van der Waals surface area contributed by atoms with Crippen LogP contribution in [0.15, 0.2) is 24.3 Å². The van der Waals surface area contributed by atoms with Gasteiger partial charge in [-0.05, 0) is 62.1 Å². The smallest absolute Gasteiger partial charge is 0.223 e. The molecule has 7 heteroatoms. The molecule has 188 valence electrons. The lowest BCUT2D eigenvalue weighted by Gasteiger charge is -2.35.